The van der Waals surface area contributed by atoms with E-state index in [0.29, 0.717) is 5.92 Å². The van der Waals surface area contributed by atoms with Gasteiger partial charge in [-0.3, -0.25) is 0 Å². The van der Waals surface area contributed by atoms with Gasteiger partial charge in [0.1, 0.15) is 5.82 Å². The van der Waals surface area contributed by atoms with Gasteiger partial charge in [-0.1, -0.05) is 12.5 Å². The zero-order valence-corrected chi connectivity index (χ0v) is 10.2. The summed E-state index contributed by atoms with van der Waals surface area (Å²) in [7, 11) is 2.10. The maximum absolute atomic E-state index is 8.98. The van der Waals surface area contributed by atoms with Crippen LogP contribution in [0.25, 0.3) is 11.0 Å². The molecule has 0 bridgehead atoms. The summed E-state index contributed by atoms with van der Waals surface area (Å²) >= 11 is 0. The van der Waals surface area contributed by atoms with Crippen LogP contribution >= 0.6 is 0 Å². The van der Waals surface area contributed by atoms with Gasteiger partial charge in [0.2, 0.25) is 0 Å². The second-order valence-electron chi connectivity index (χ2n) is 4.95. The van der Waals surface area contributed by atoms with E-state index in [9.17, 15) is 0 Å². The van der Waals surface area contributed by atoms with E-state index in [4.69, 9.17) is 10.1 Å². The van der Waals surface area contributed by atoms with Gasteiger partial charge in [0, 0.05) is 19.6 Å². The Bertz CT molecular complexity index is 540. The van der Waals surface area contributed by atoms with Crippen LogP contribution in [-0.2, 0) is 13.5 Å². The van der Waals surface area contributed by atoms with Crippen LogP contribution in [0.4, 0.5) is 0 Å². The molecule has 1 N–H and O–H groups in total. The lowest BCUT2D eigenvalue weighted by molar-refractivity contribution is 0.299. The van der Waals surface area contributed by atoms with E-state index < -0.39 is 0 Å². The minimum atomic E-state index is 0.207. The molecule has 1 aromatic heterocycles. The Hall–Kier alpha value is -1.35. The summed E-state index contributed by atoms with van der Waals surface area (Å²) in [5.74, 6) is 1.89. The lowest BCUT2D eigenvalue weighted by Gasteiger charge is -2.24. The summed E-state index contributed by atoms with van der Waals surface area (Å²) in [6.07, 6.45) is 4.62. The van der Waals surface area contributed by atoms with Crippen LogP contribution in [-0.4, -0.2) is 21.3 Å². The van der Waals surface area contributed by atoms with Crippen LogP contribution in [0.5, 0.6) is 0 Å². The van der Waals surface area contributed by atoms with E-state index >= 15 is 0 Å². The number of hydrogen-bond donors (Lipinski definition) is 1. The second kappa shape index (κ2) is 4.15. The lowest BCUT2D eigenvalue weighted by Crippen LogP contribution is -2.13. The van der Waals surface area contributed by atoms with Crippen molar-refractivity contribution in [2.24, 2.45) is 7.05 Å². The van der Waals surface area contributed by atoms with E-state index in [2.05, 4.69) is 29.8 Å². The molecule has 0 unspecified atom stereocenters. The number of nitrogens with zero attached hydrogens (tertiary/aromatic N) is 2. The lowest BCUT2D eigenvalue weighted by atomic mass is 9.85. The number of aryl methyl sites for hydroxylation is 1. The van der Waals surface area contributed by atoms with Crippen molar-refractivity contribution in [3.8, 4) is 0 Å². The molecule has 90 valence electrons. The van der Waals surface area contributed by atoms with Crippen molar-refractivity contribution in [3.05, 3.63) is 29.6 Å². The van der Waals surface area contributed by atoms with Gasteiger partial charge in [-0.15, -0.1) is 0 Å². The van der Waals surface area contributed by atoms with Crippen molar-refractivity contribution in [1.29, 1.82) is 0 Å². The molecule has 1 heterocycles. The van der Waals surface area contributed by atoms with Gasteiger partial charge in [-0.2, -0.15) is 0 Å². The largest absolute Gasteiger partial charge is 0.396 e. The average molecular weight is 230 g/mol. The van der Waals surface area contributed by atoms with E-state index in [1.54, 1.807) is 0 Å². The number of benzene rings is 1. The van der Waals surface area contributed by atoms with Gasteiger partial charge in [0.25, 0.3) is 0 Å². The fourth-order valence-corrected chi connectivity index (χ4v) is 2.57. The standard InChI is InChI=1S/C14H18N2O/c1-16-13-9-10(7-8-17)5-6-12(13)15-14(16)11-3-2-4-11/h5-6,9,11,17H,2-4,7-8H2,1H3. The molecule has 0 amide bonds. The molecular formula is C14H18N2O. The minimum Gasteiger partial charge on any atom is -0.396 e. The van der Waals surface area contributed by atoms with Crippen LogP contribution < -0.4 is 0 Å². The highest BCUT2D eigenvalue weighted by Crippen LogP contribution is 2.36. The topological polar surface area (TPSA) is 38.0 Å². The monoisotopic (exact) mass is 230 g/mol. The Balaban J connectivity index is 2.06. The smallest absolute Gasteiger partial charge is 0.112 e. The van der Waals surface area contributed by atoms with Crippen LogP contribution in [0.1, 0.15) is 36.6 Å². The molecule has 17 heavy (non-hydrogen) atoms. The zero-order chi connectivity index (χ0) is 11.8. The fourth-order valence-electron chi connectivity index (χ4n) is 2.57. The fraction of sp³-hybridized carbons (Fsp3) is 0.500. The van der Waals surface area contributed by atoms with Crippen molar-refractivity contribution in [1.82, 2.24) is 9.55 Å². The highest BCUT2D eigenvalue weighted by atomic mass is 16.2. The summed E-state index contributed by atoms with van der Waals surface area (Å²) < 4.78 is 2.22. The Kier molecular flexibility index (Phi) is 2.63. The molecule has 2 aromatic rings. The van der Waals surface area contributed by atoms with E-state index in [0.717, 1.165) is 11.9 Å². The summed E-state index contributed by atoms with van der Waals surface area (Å²) in [6.45, 7) is 0.207. The van der Waals surface area contributed by atoms with Gasteiger partial charge in [-0.25, -0.2) is 4.98 Å². The second-order valence-corrected chi connectivity index (χ2v) is 4.95. The normalized spacial score (nSPS) is 16.4. The summed E-state index contributed by atoms with van der Waals surface area (Å²) in [5, 5.41) is 8.98. The third kappa shape index (κ3) is 1.75. The van der Waals surface area contributed by atoms with Gasteiger partial charge in [0.05, 0.1) is 11.0 Å². The van der Waals surface area contributed by atoms with Gasteiger partial charge in [0.15, 0.2) is 0 Å². The quantitative estimate of drug-likeness (QED) is 0.879. The third-order valence-corrected chi connectivity index (χ3v) is 3.85. The first-order chi connectivity index (χ1) is 8.29. The molecule has 0 radical (unpaired) electrons. The van der Waals surface area contributed by atoms with Crippen molar-refractivity contribution >= 4 is 11.0 Å². The highest BCUT2D eigenvalue weighted by Gasteiger charge is 2.24. The Labute approximate surface area is 101 Å². The number of fused-ring (bicyclic) bond motifs is 1. The molecule has 1 saturated carbocycles. The van der Waals surface area contributed by atoms with E-state index in [-0.39, 0.29) is 6.61 Å². The Morgan fingerprint density at radius 2 is 2.24 bits per heavy atom. The molecular weight excluding hydrogens is 212 g/mol. The Morgan fingerprint density at radius 1 is 1.41 bits per heavy atom. The molecule has 0 saturated heterocycles. The van der Waals surface area contributed by atoms with Crippen molar-refractivity contribution < 1.29 is 5.11 Å². The molecule has 0 atom stereocenters. The minimum absolute atomic E-state index is 0.207. The predicted octanol–water partition coefficient (Wildman–Crippen LogP) is 2.38. The maximum Gasteiger partial charge on any atom is 0.112 e. The summed E-state index contributed by atoms with van der Waals surface area (Å²) in [5.41, 5.74) is 3.46. The number of aliphatic hydroxyl groups is 1. The van der Waals surface area contributed by atoms with Crippen molar-refractivity contribution in [2.45, 2.75) is 31.6 Å². The van der Waals surface area contributed by atoms with Crippen LogP contribution in [0.15, 0.2) is 18.2 Å². The van der Waals surface area contributed by atoms with Crippen molar-refractivity contribution in [3.63, 3.8) is 0 Å². The number of imidazole rings is 1. The van der Waals surface area contributed by atoms with Gasteiger partial charge < -0.3 is 9.67 Å². The zero-order valence-electron chi connectivity index (χ0n) is 10.2. The third-order valence-electron chi connectivity index (χ3n) is 3.85. The van der Waals surface area contributed by atoms with Crippen LogP contribution in [0, 0.1) is 0 Å². The highest BCUT2D eigenvalue weighted by molar-refractivity contribution is 5.77. The van der Waals surface area contributed by atoms with Crippen LogP contribution in [0.3, 0.4) is 0 Å². The number of aliphatic hydroxyl groups excluding tert-OH is 1. The molecule has 1 aromatic carbocycles. The van der Waals surface area contributed by atoms with E-state index in [1.807, 2.05) is 0 Å². The molecule has 3 nitrogen and oxygen atoms in total. The van der Waals surface area contributed by atoms with Crippen LogP contribution in [0.2, 0.25) is 0 Å². The summed E-state index contributed by atoms with van der Waals surface area (Å²) in [4.78, 5) is 4.74. The number of aromatic nitrogens is 2. The molecule has 3 heteroatoms. The molecule has 1 aliphatic carbocycles. The SMILES string of the molecule is Cn1c(C2CCC2)nc2ccc(CCO)cc21. The van der Waals surface area contributed by atoms with Gasteiger partial charge in [-0.05, 0) is 37.0 Å². The first-order valence-corrected chi connectivity index (χ1v) is 6.35. The predicted molar refractivity (Wildman–Crippen MR) is 68.1 cm³/mol. The molecule has 3 rings (SSSR count). The molecule has 0 spiro atoms. The van der Waals surface area contributed by atoms with Crippen molar-refractivity contribution in [2.75, 3.05) is 6.61 Å². The molecule has 1 aliphatic rings. The number of hydrogen-bond acceptors (Lipinski definition) is 2. The van der Waals surface area contributed by atoms with Gasteiger partial charge >= 0.3 is 0 Å². The first kappa shape index (κ1) is 10.8. The average Bonchev–Trinajstić information content (AvgIpc) is 2.56. The molecule has 0 aliphatic heterocycles. The van der Waals surface area contributed by atoms with E-state index in [1.165, 1.54) is 36.2 Å². The summed E-state index contributed by atoms with van der Waals surface area (Å²) in [6, 6.07) is 6.29. The molecule has 1 fully saturated rings. The first-order valence-electron chi connectivity index (χ1n) is 6.35. The number of rotatable bonds is 3. The maximum atomic E-state index is 8.98. The Morgan fingerprint density at radius 3 is 2.88 bits per heavy atom.